The molecule has 1 aromatic carbocycles. The van der Waals surface area contributed by atoms with Gasteiger partial charge < -0.3 is 10.2 Å². The van der Waals surface area contributed by atoms with Gasteiger partial charge in [-0.3, -0.25) is 4.79 Å². The first-order chi connectivity index (χ1) is 13.6. The maximum absolute atomic E-state index is 13.1. The number of aromatic nitrogens is 3. The summed E-state index contributed by atoms with van der Waals surface area (Å²) in [7, 11) is 0. The van der Waals surface area contributed by atoms with Gasteiger partial charge in [-0.25, -0.2) is 9.50 Å². The maximum Gasteiger partial charge on any atom is 0.223 e. The first kappa shape index (κ1) is 17.6. The van der Waals surface area contributed by atoms with Crippen molar-refractivity contribution in [2.75, 3.05) is 13.1 Å². The van der Waals surface area contributed by atoms with Crippen LogP contribution in [0.4, 0.5) is 0 Å². The first-order valence-electron chi connectivity index (χ1n) is 10.4. The predicted molar refractivity (Wildman–Crippen MR) is 109 cm³/mol. The van der Waals surface area contributed by atoms with Gasteiger partial charge in [-0.2, -0.15) is 5.10 Å². The fraction of sp³-hybridized carbons (Fsp3) is 0.500. The van der Waals surface area contributed by atoms with E-state index in [-0.39, 0.29) is 0 Å². The molecule has 3 aromatic rings. The van der Waals surface area contributed by atoms with Crippen molar-refractivity contribution in [3.05, 3.63) is 41.2 Å². The Kier molecular flexibility index (Phi) is 4.31. The molecule has 2 fully saturated rings. The fourth-order valence-corrected chi connectivity index (χ4v) is 5.09. The van der Waals surface area contributed by atoms with Crippen LogP contribution in [0.5, 0.6) is 0 Å². The summed E-state index contributed by atoms with van der Waals surface area (Å²) < 4.78 is 1.94. The van der Waals surface area contributed by atoms with Crippen molar-refractivity contribution in [2.45, 2.75) is 58.0 Å². The van der Waals surface area contributed by atoms with Crippen LogP contribution in [0.1, 0.15) is 42.6 Å². The quantitative estimate of drug-likeness (QED) is 0.762. The van der Waals surface area contributed by atoms with Crippen molar-refractivity contribution in [3.63, 3.8) is 0 Å². The molecule has 1 N–H and O–H groups in total. The highest BCUT2D eigenvalue weighted by Crippen LogP contribution is 2.29. The van der Waals surface area contributed by atoms with Crippen LogP contribution in [-0.4, -0.2) is 50.6 Å². The lowest BCUT2D eigenvalue weighted by atomic mass is 10.1. The molecule has 0 radical (unpaired) electrons. The summed E-state index contributed by atoms with van der Waals surface area (Å²) in [6.45, 7) is 6.10. The Labute approximate surface area is 164 Å². The molecule has 0 saturated carbocycles. The summed E-state index contributed by atoms with van der Waals surface area (Å²) in [6, 6.07) is 8.90. The third kappa shape index (κ3) is 2.78. The highest BCUT2D eigenvalue weighted by atomic mass is 16.2. The molecule has 2 saturated heterocycles. The minimum Gasteiger partial charge on any atom is -0.335 e. The number of fused-ring (bicyclic) bond motifs is 5. The molecule has 2 aliphatic heterocycles. The molecule has 2 aromatic heterocycles. The monoisotopic (exact) mass is 377 g/mol. The van der Waals surface area contributed by atoms with Gasteiger partial charge in [-0.1, -0.05) is 12.1 Å². The number of hydrogen-bond acceptors (Lipinski definition) is 4. The van der Waals surface area contributed by atoms with E-state index in [1.165, 1.54) is 0 Å². The second-order valence-corrected chi connectivity index (χ2v) is 8.19. The molecule has 2 aliphatic rings. The van der Waals surface area contributed by atoms with Crippen molar-refractivity contribution in [1.82, 2.24) is 24.8 Å². The van der Waals surface area contributed by atoms with Crippen LogP contribution < -0.4 is 5.32 Å². The molecule has 146 valence electrons. The Balaban J connectivity index is 1.42. The van der Waals surface area contributed by atoms with Crippen molar-refractivity contribution in [1.29, 1.82) is 0 Å². The van der Waals surface area contributed by atoms with E-state index in [0.29, 0.717) is 24.4 Å². The zero-order valence-electron chi connectivity index (χ0n) is 16.6. The van der Waals surface area contributed by atoms with E-state index < -0.39 is 0 Å². The van der Waals surface area contributed by atoms with E-state index in [0.717, 1.165) is 72.3 Å². The highest BCUT2D eigenvalue weighted by molar-refractivity contribution is 5.92. The highest BCUT2D eigenvalue weighted by Gasteiger charge is 2.37. The van der Waals surface area contributed by atoms with E-state index in [2.05, 4.69) is 23.2 Å². The molecule has 6 nitrogen and oxygen atoms in total. The Bertz CT molecular complexity index is 1040. The molecule has 4 heterocycles. The predicted octanol–water partition coefficient (Wildman–Crippen LogP) is 2.78. The molecule has 2 unspecified atom stereocenters. The van der Waals surface area contributed by atoms with E-state index >= 15 is 0 Å². The molecule has 0 spiro atoms. The Morgan fingerprint density at radius 1 is 1.18 bits per heavy atom. The number of carbonyl (C=O) groups is 1. The van der Waals surface area contributed by atoms with Gasteiger partial charge in [-0.05, 0) is 63.8 Å². The van der Waals surface area contributed by atoms with Gasteiger partial charge in [-0.15, -0.1) is 0 Å². The fourth-order valence-electron chi connectivity index (χ4n) is 5.09. The maximum atomic E-state index is 13.1. The second-order valence-electron chi connectivity index (χ2n) is 8.19. The van der Waals surface area contributed by atoms with E-state index in [4.69, 9.17) is 10.1 Å². The zero-order chi connectivity index (χ0) is 19.3. The lowest BCUT2D eigenvalue weighted by Crippen LogP contribution is -2.42. The van der Waals surface area contributed by atoms with Crippen LogP contribution in [0.3, 0.4) is 0 Å². The number of nitrogens with one attached hydrogen (secondary N) is 1. The third-order valence-corrected chi connectivity index (χ3v) is 6.55. The van der Waals surface area contributed by atoms with Gasteiger partial charge >= 0.3 is 0 Å². The molecule has 5 rings (SSSR count). The SMILES string of the molecule is Cc1nc2c3ccccc3nn2c(C)c1CCC(=O)N1C2CCNCC1CC2. The largest absolute Gasteiger partial charge is 0.335 e. The van der Waals surface area contributed by atoms with Gasteiger partial charge in [0.05, 0.1) is 5.52 Å². The summed E-state index contributed by atoms with van der Waals surface area (Å²) in [6.07, 6.45) is 4.63. The van der Waals surface area contributed by atoms with Gasteiger partial charge in [0.15, 0.2) is 5.65 Å². The smallest absolute Gasteiger partial charge is 0.223 e. The number of rotatable bonds is 3. The molecular formula is C22H27N5O. The average molecular weight is 377 g/mol. The molecule has 6 heteroatoms. The number of amides is 1. The third-order valence-electron chi connectivity index (χ3n) is 6.55. The summed E-state index contributed by atoms with van der Waals surface area (Å²) in [5, 5.41) is 9.28. The second kappa shape index (κ2) is 6.85. The molecule has 1 amide bonds. The Hall–Kier alpha value is -2.47. The number of nitrogens with zero attached hydrogens (tertiary/aromatic N) is 4. The summed E-state index contributed by atoms with van der Waals surface area (Å²) in [5.41, 5.74) is 5.10. The number of carbonyl (C=O) groups excluding carboxylic acids is 1. The van der Waals surface area contributed by atoms with Crippen LogP contribution in [0, 0.1) is 13.8 Å². The Morgan fingerprint density at radius 3 is 2.89 bits per heavy atom. The number of aryl methyl sites for hydroxylation is 2. The van der Waals surface area contributed by atoms with Crippen LogP contribution in [0.25, 0.3) is 16.6 Å². The van der Waals surface area contributed by atoms with Crippen LogP contribution >= 0.6 is 0 Å². The minimum atomic E-state index is 0.292. The summed E-state index contributed by atoms with van der Waals surface area (Å²) in [4.78, 5) is 20.1. The van der Waals surface area contributed by atoms with Crippen LogP contribution in [0.15, 0.2) is 24.3 Å². The van der Waals surface area contributed by atoms with Crippen molar-refractivity contribution >= 4 is 22.5 Å². The number of benzene rings is 1. The lowest BCUT2D eigenvalue weighted by molar-refractivity contribution is -0.133. The number of hydrogen-bond donors (Lipinski definition) is 1. The van der Waals surface area contributed by atoms with Gasteiger partial charge in [0.1, 0.15) is 0 Å². The standard InChI is InChI=1S/C22H27N5O/c1-14-18(9-10-21(28)26-16-7-8-17(26)13-23-12-11-16)15(2)27-22(24-14)19-5-3-4-6-20(19)25-27/h3-6,16-17,23H,7-13H2,1-2H3. The summed E-state index contributed by atoms with van der Waals surface area (Å²) in [5.74, 6) is 0.292. The van der Waals surface area contributed by atoms with Gasteiger partial charge in [0, 0.05) is 41.8 Å². The average Bonchev–Trinajstić information content (AvgIpc) is 3.17. The van der Waals surface area contributed by atoms with E-state index in [1.807, 2.05) is 29.6 Å². The summed E-state index contributed by atoms with van der Waals surface area (Å²) >= 11 is 0. The Morgan fingerprint density at radius 2 is 2.00 bits per heavy atom. The van der Waals surface area contributed by atoms with Crippen molar-refractivity contribution < 1.29 is 4.79 Å². The van der Waals surface area contributed by atoms with E-state index in [1.54, 1.807) is 0 Å². The molecule has 28 heavy (non-hydrogen) atoms. The molecular weight excluding hydrogens is 350 g/mol. The normalized spacial score (nSPS) is 22.1. The van der Waals surface area contributed by atoms with Crippen molar-refractivity contribution in [3.8, 4) is 0 Å². The van der Waals surface area contributed by atoms with Crippen molar-refractivity contribution in [2.24, 2.45) is 0 Å². The lowest BCUT2D eigenvalue weighted by Gasteiger charge is -2.28. The minimum absolute atomic E-state index is 0.292. The molecule has 0 aliphatic carbocycles. The zero-order valence-corrected chi connectivity index (χ0v) is 16.6. The first-order valence-corrected chi connectivity index (χ1v) is 10.4. The van der Waals surface area contributed by atoms with Crippen LogP contribution in [-0.2, 0) is 11.2 Å². The van der Waals surface area contributed by atoms with Gasteiger partial charge in [0.2, 0.25) is 5.91 Å². The van der Waals surface area contributed by atoms with E-state index in [9.17, 15) is 4.79 Å². The van der Waals surface area contributed by atoms with Gasteiger partial charge in [0.25, 0.3) is 0 Å². The molecule has 2 bridgehead atoms. The topological polar surface area (TPSA) is 62.5 Å². The van der Waals surface area contributed by atoms with Crippen LogP contribution in [0.2, 0.25) is 0 Å². The molecule has 2 atom stereocenters.